The summed E-state index contributed by atoms with van der Waals surface area (Å²) in [6.45, 7) is 3.70. The first kappa shape index (κ1) is 19.8. The fourth-order valence-electron chi connectivity index (χ4n) is 3.19. The topological polar surface area (TPSA) is 114 Å². The number of hydrogen-bond donors (Lipinski definition) is 2. The molecule has 0 aliphatic rings. The molecule has 0 aliphatic heterocycles. The first-order valence-corrected chi connectivity index (χ1v) is 10.1. The summed E-state index contributed by atoms with van der Waals surface area (Å²) in [5, 5.41) is 11.9. The molecule has 0 spiro atoms. The molecule has 9 heteroatoms. The van der Waals surface area contributed by atoms with Crippen molar-refractivity contribution in [1.29, 1.82) is 0 Å². The Labute approximate surface area is 162 Å². The molecular formula is C19H21N3O5S. The van der Waals surface area contributed by atoms with Crippen LogP contribution in [0.4, 0.5) is 5.69 Å². The zero-order chi connectivity index (χ0) is 20.5. The van der Waals surface area contributed by atoms with E-state index in [2.05, 4.69) is 9.71 Å². The third-order valence-electron chi connectivity index (χ3n) is 4.67. The van der Waals surface area contributed by atoms with E-state index in [0.717, 1.165) is 34.0 Å². The van der Waals surface area contributed by atoms with Crippen LogP contribution in [0.25, 0.3) is 10.9 Å². The number of nitro groups is 1. The van der Waals surface area contributed by atoms with Gasteiger partial charge in [0.15, 0.2) is 0 Å². The number of aromatic nitrogens is 1. The third-order valence-corrected chi connectivity index (χ3v) is 6.27. The van der Waals surface area contributed by atoms with Crippen molar-refractivity contribution in [3.8, 4) is 5.75 Å². The fraction of sp³-hybridized carbons (Fsp3) is 0.263. The Bertz CT molecular complexity index is 1150. The van der Waals surface area contributed by atoms with Gasteiger partial charge in [-0.3, -0.25) is 10.1 Å². The van der Waals surface area contributed by atoms with Gasteiger partial charge in [0.1, 0.15) is 5.75 Å². The van der Waals surface area contributed by atoms with Crippen LogP contribution in [0.5, 0.6) is 5.75 Å². The lowest BCUT2D eigenvalue weighted by atomic mass is 10.1. The first-order chi connectivity index (χ1) is 13.2. The molecule has 148 valence electrons. The van der Waals surface area contributed by atoms with Crippen molar-refractivity contribution in [3.63, 3.8) is 0 Å². The molecule has 0 atom stereocenters. The van der Waals surface area contributed by atoms with Crippen LogP contribution in [-0.2, 0) is 16.4 Å². The second kappa shape index (κ2) is 7.61. The SMILES string of the molecule is COc1ccc2[nH]c(C)c(CCNS(=O)(=O)c3cc([N+](=O)[O-])ccc3C)c2c1. The molecule has 0 fully saturated rings. The summed E-state index contributed by atoms with van der Waals surface area (Å²) in [5.41, 5.74) is 3.09. The average molecular weight is 403 g/mol. The van der Waals surface area contributed by atoms with Crippen LogP contribution in [0, 0.1) is 24.0 Å². The summed E-state index contributed by atoms with van der Waals surface area (Å²) in [7, 11) is -2.28. The minimum atomic E-state index is -3.87. The van der Waals surface area contributed by atoms with Crippen molar-refractivity contribution in [1.82, 2.24) is 9.71 Å². The van der Waals surface area contributed by atoms with Gasteiger partial charge in [-0.1, -0.05) is 6.07 Å². The predicted octanol–water partition coefficient (Wildman–Crippen LogP) is 3.22. The zero-order valence-electron chi connectivity index (χ0n) is 15.8. The van der Waals surface area contributed by atoms with Crippen LogP contribution in [0.15, 0.2) is 41.3 Å². The summed E-state index contributed by atoms with van der Waals surface area (Å²) in [4.78, 5) is 13.5. The molecule has 0 radical (unpaired) electrons. The molecule has 3 rings (SSSR count). The van der Waals surface area contributed by atoms with Gasteiger partial charge in [0.2, 0.25) is 10.0 Å². The maximum Gasteiger partial charge on any atom is 0.270 e. The van der Waals surface area contributed by atoms with Gasteiger partial charge in [-0.2, -0.15) is 0 Å². The molecule has 0 bridgehead atoms. The molecule has 2 N–H and O–H groups in total. The number of aromatic amines is 1. The van der Waals surface area contributed by atoms with Gasteiger partial charge in [-0.05, 0) is 49.6 Å². The van der Waals surface area contributed by atoms with E-state index in [4.69, 9.17) is 4.74 Å². The van der Waals surface area contributed by atoms with Crippen molar-refractivity contribution < 1.29 is 18.1 Å². The molecule has 2 aromatic carbocycles. The Kier molecular flexibility index (Phi) is 5.39. The number of aryl methyl sites for hydroxylation is 2. The summed E-state index contributed by atoms with van der Waals surface area (Å²) in [5.74, 6) is 0.723. The highest BCUT2D eigenvalue weighted by Crippen LogP contribution is 2.27. The normalized spacial score (nSPS) is 11.7. The van der Waals surface area contributed by atoms with Crippen LogP contribution < -0.4 is 9.46 Å². The lowest BCUT2D eigenvalue weighted by Gasteiger charge is -2.09. The Balaban J connectivity index is 1.81. The highest BCUT2D eigenvalue weighted by Gasteiger charge is 2.20. The number of ether oxygens (including phenoxy) is 1. The van der Waals surface area contributed by atoms with Crippen LogP contribution in [-0.4, -0.2) is 32.0 Å². The molecule has 0 amide bonds. The number of sulfonamides is 1. The Morgan fingerprint density at radius 2 is 1.93 bits per heavy atom. The number of hydrogen-bond acceptors (Lipinski definition) is 5. The maximum absolute atomic E-state index is 12.6. The number of nitro benzene ring substituents is 1. The average Bonchev–Trinajstić information content (AvgIpc) is 2.96. The monoisotopic (exact) mass is 403 g/mol. The van der Waals surface area contributed by atoms with Crippen molar-refractivity contribution in [2.75, 3.05) is 13.7 Å². The minimum Gasteiger partial charge on any atom is -0.497 e. The largest absolute Gasteiger partial charge is 0.497 e. The second-order valence-corrected chi connectivity index (χ2v) is 8.23. The summed E-state index contributed by atoms with van der Waals surface area (Å²) in [6.07, 6.45) is 0.464. The number of non-ortho nitro benzene ring substituents is 1. The molecule has 0 unspecified atom stereocenters. The van der Waals surface area contributed by atoms with Crippen molar-refractivity contribution in [2.45, 2.75) is 25.2 Å². The van der Waals surface area contributed by atoms with E-state index in [1.54, 1.807) is 14.0 Å². The van der Waals surface area contributed by atoms with Gasteiger partial charge < -0.3 is 9.72 Å². The Hall–Kier alpha value is -2.91. The van der Waals surface area contributed by atoms with Crippen molar-refractivity contribution in [3.05, 3.63) is 63.3 Å². The molecule has 0 aliphatic carbocycles. The van der Waals surface area contributed by atoms with Crippen molar-refractivity contribution in [2.24, 2.45) is 0 Å². The summed E-state index contributed by atoms with van der Waals surface area (Å²) in [6, 6.07) is 9.49. The number of nitrogens with one attached hydrogen (secondary N) is 2. The molecule has 1 heterocycles. The van der Waals surface area contributed by atoms with Gasteiger partial charge in [-0.15, -0.1) is 0 Å². The van der Waals surface area contributed by atoms with Gasteiger partial charge >= 0.3 is 0 Å². The molecule has 3 aromatic rings. The van der Waals surface area contributed by atoms with E-state index < -0.39 is 14.9 Å². The van der Waals surface area contributed by atoms with Crippen LogP contribution in [0.3, 0.4) is 0 Å². The lowest BCUT2D eigenvalue weighted by Crippen LogP contribution is -2.26. The van der Waals surface area contributed by atoms with E-state index in [0.29, 0.717) is 12.0 Å². The zero-order valence-corrected chi connectivity index (χ0v) is 16.6. The molecule has 8 nitrogen and oxygen atoms in total. The number of H-pyrrole nitrogens is 1. The molecule has 28 heavy (non-hydrogen) atoms. The summed E-state index contributed by atoms with van der Waals surface area (Å²) < 4.78 is 33.1. The number of nitrogens with zero attached hydrogens (tertiary/aromatic N) is 1. The second-order valence-electron chi connectivity index (χ2n) is 6.49. The highest BCUT2D eigenvalue weighted by molar-refractivity contribution is 7.89. The molecule has 0 saturated heterocycles. The minimum absolute atomic E-state index is 0.0842. The van der Waals surface area contributed by atoms with E-state index in [1.165, 1.54) is 12.1 Å². The first-order valence-electron chi connectivity index (χ1n) is 8.63. The van der Waals surface area contributed by atoms with Gasteiger partial charge in [0.05, 0.1) is 16.9 Å². The van der Waals surface area contributed by atoms with Crippen molar-refractivity contribution >= 4 is 26.6 Å². The smallest absolute Gasteiger partial charge is 0.270 e. The number of rotatable bonds is 7. The Morgan fingerprint density at radius 1 is 1.18 bits per heavy atom. The molecule has 0 saturated carbocycles. The third kappa shape index (κ3) is 3.85. The maximum atomic E-state index is 12.6. The summed E-state index contributed by atoms with van der Waals surface area (Å²) >= 11 is 0. The van der Waals surface area contributed by atoms with E-state index in [1.807, 2.05) is 25.1 Å². The number of methoxy groups -OCH3 is 1. The van der Waals surface area contributed by atoms with E-state index >= 15 is 0 Å². The lowest BCUT2D eigenvalue weighted by molar-refractivity contribution is -0.385. The van der Waals surface area contributed by atoms with Gasteiger partial charge in [0, 0.05) is 35.3 Å². The van der Waals surface area contributed by atoms with Crippen LogP contribution in [0.1, 0.15) is 16.8 Å². The molecule has 1 aromatic heterocycles. The van der Waals surface area contributed by atoms with Crippen LogP contribution >= 0.6 is 0 Å². The van der Waals surface area contributed by atoms with Gasteiger partial charge in [-0.25, -0.2) is 13.1 Å². The van der Waals surface area contributed by atoms with E-state index in [-0.39, 0.29) is 17.1 Å². The quantitative estimate of drug-likeness (QED) is 0.464. The number of benzene rings is 2. The highest BCUT2D eigenvalue weighted by atomic mass is 32.2. The fourth-order valence-corrected chi connectivity index (χ4v) is 4.48. The predicted molar refractivity (Wildman–Crippen MR) is 106 cm³/mol. The standard InChI is InChI=1S/C19H21N3O5S/c1-12-4-5-14(22(23)24)10-19(12)28(25,26)20-9-8-16-13(2)21-18-7-6-15(27-3)11-17(16)18/h4-7,10-11,20-21H,8-9H2,1-3H3. The molecular weight excluding hydrogens is 382 g/mol. The number of fused-ring (bicyclic) bond motifs is 1. The van der Waals surface area contributed by atoms with Crippen LogP contribution in [0.2, 0.25) is 0 Å². The van der Waals surface area contributed by atoms with E-state index in [9.17, 15) is 18.5 Å². The van der Waals surface area contributed by atoms with Gasteiger partial charge in [0.25, 0.3) is 5.69 Å². The Morgan fingerprint density at radius 3 is 2.61 bits per heavy atom.